The van der Waals surface area contributed by atoms with Crippen LogP contribution >= 0.6 is 15.9 Å². The topological polar surface area (TPSA) is 32.3 Å². The van der Waals surface area contributed by atoms with Crippen molar-refractivity contribution in [2.24, 2.45) is 0 Å². The minimum atomic E-state index is 0.0279. The molecule has 102 valence electrons. The molecule has 1 aliphatic heterocycles. The van der Waals surface area contributed by atoms with Gasteiger partial charge in [0.15, 0.2) is 0 Å². The molecule has 4 heteroatoms. The van der Waals surface area contributed by atoms with E-state index < -0.39 is 0 Å². The summed E-state index contributed by atoms with van der Waals surface area (Å²) in [5.74, 6) is 0.0279. The molecule has 0 saturated heterocycles. The summed E-state index contributed by atoms with van der Waals surface area (Å²) in [4.78, 5) is 14.2. The Labute approximate surface area is 126 Å². The normalized spacial score (nSPS) is 14.1. The Morgan fingerprint density at radius 1 is 1.05 bits per heavy atom. The van der Waals surface area contributed by atoms with Crippen molar-refractivity contribution in [2.75, 3.05) is 11.9 Å². The maximum atomic E-state index is 12.0. The molecule has 0 spiro atoms. The quantitative estimate of drug-likeness (QED) is 0.935. The lowest BCUT2D eigenvalue weighted by Crippen LogP contribution is -2.29. The zero-order valence-electron chi connectivity index (χ0n) is 11.0. The SMILES string of the molecule is O=C(CN1Cc2ccccc2C1)Nc1ccc(Br)cc1. The summed E-state index contributed by atoms with van der Waals surface area (Å²) in [7, 11) is 0. The van der Waals surface area contributed by atoms with Crippen molar-refractivity contribution in [1.29, 1.82) is 0 Å². The zero-order chi connectivity index (χ0) is 13.9. The maximum absolute atomic E-state index is 12.0. The highest BCUT2D eigenvalue weighted by Crippen LogP contribution is 2.22. The van der Waals surface area contributed by atoms with Crippen molar-refractivity contribution in [3.05, 3.63) is 64.1 Å². The van der Waals surface area contributed by atoms with E-state index in [1.54, 1.807) is 0 Å². The van der Waals surface area contributed by atoms with Crippen molar-refractivity contribution in [3.8, 4) is 0 Å². The van der Waals surface area contributed by atoms with E-state index in [4.69, 9.17) is 0 Å². The molecule has 0 atom stereocenters. The molecule has 0 bridgehead atoms. The molecule has 20 heavy (non-hydrogen) atoms. The number of carbonyl (C=O) groups is 1. The van der Waals surface area contributed by atoms with Crippen molar-refractivity contribution in [2.45, 2.75) is 13.1 Å². The molecule has 2 aromatic rings. The van der Waals surface area contributed by atoms with E-state index in [0.29, 0.717) is 6.54 Å². The Hall–Kier alpha value is -1.65. The fourth-order valence-electron chi connectivity index (χ4n) is 2.45. The second-order valence-corrected chi connectivity index (χ2v) is 5.88. The smallest absolute Gasteiger partial charge is 0.238 e. The number of amides is 1. The molecule has 1 aliphatic rings. The van der Waals surface area contributed by atoms with Crippen molar-refractivity contribution in [1.82, 2.24) is 4.90 Å². The molecule has 1 N–H and O–H groups in total. The van der Waals surface area contributed by atoms with Crippen molar-refractivity contribution >= 4 is 27.5 Å². The van der Waals surface area contributed by atoms with Crippen LogP contribution in [0.25, 0.3) is 0 Å². The number of nitrogens with zero attached hydrogens (tertiary/aromatic N) is 1. The molecule has 0 radical (unpaired) electrons. The Morgan fingerprint density at radius 2 is 1.65 bits per heavy atom. The van der Waals surface area contributed by atoms with E-state index in [1.807, 2.05) is 36.4 Å². The number of halogens is 1. The van der Waals surface area contributed by atoms with Gasteiger partial charge in [-0.2, -0.15) is 0 Å². The molecular weight excluding hydrogens is 316 g/mol. The summed E-state index contributed by atoms with van der Waals surface area (Å²) in [6.45, 7) is 2.12. The Morgan fingerprint density at radius 3 is 2.25 bits per heavy atom. The van der Waals surface area contributed by atoms with Gasteiger partial charge in [-0.15, -0.1) is 0 Å². The number of hydrogen-bond acceptors (Lipinski definition) is 2. The maximum Gasteiger partial charge on any atom is 0.238 e. The van der Waals surface area contributed by atoms with Crippen LogP contribution in [0.3, 0.4) is 0 Å². The van der Waals surface area contributed by atoms with Gasteiger partial charge in [0.05, 0.1) is 6.54 Å². The van der Waals surface area contributed by atoms with E-state index in [1.165, 1.54) is 11.1 Å². The summed E-state index contributed by atoms with van der Waals surface area (Å²) in [5.41, 5.74) is 3.47. The molecular formula is C16H15BrN2O. The van der Waals surface area contributed by atoms with E-state index in [9.17, 15) is 4.79 Å². The number of carbonyl (C=O) groups excluding carboxylic acids is 1. The second kappa shape index (κ2) is 5.77. The van der Waals surface area contributed by atoms with E-state index in [0.717, 1.165) is 23.2 Å². The van der Waals surface area contributed by atoms with Crippen LogP contribution in [0.1, 0.15) is 11.1 Å². The average Bonchev–Trinajstić information content (AvgIpc) is 2.83. The van der Waals surface area contributed by atoms with E-state index >= 15 is 0 Å². The zero-order valence-corrected chi connectivity index (χ0v) is 12.6. The minimum Gasteiger partial charge on any atom is -0.325 e. The third-order valence-electron chi connectivity index (χ3n) is 3.40. The predicted molar refractivity (Wildman–Crippen MR) is 83.3 cm³/mol. The molecule has 0 unspecified atom stereocenters. The largest absolute Gasteiger partial charge is 0.325 e. The summed E-state index contributed by atoms with van der Waals surface area (Å²) in [5, 5.41) is 2.92. The van der Waals surface area contributed by atoms with Gasteiger partial charge in [-0.3, -0.25) is 9.69 Å². The van der Waals surface area contributed by atoms with Crippen LogP contribution in [0.15, 0.2) is 53.0 Å². The summed E-state index contributed by atoms with van der Waals surface area (Å²) >= 11 is 3.38. The first-order chi connectivity index (χ1) is 9.70. The van der Waals surface area contributed by atoms with Crippen LogP contribution in [0.4, 0.5) is 5.69 Å². The highest BCUT2D eigenvalue weighted by atomic mass is 79.9. The number of benzene rings is 2. The molecule has 1 amide bonds. The van der Waals surface area contributed by atoms with Gasteiger partial charge in [-0.25, -0.2) is 0 Å². The van der Waals surface area contributed by atoms with Gasteiger partial charge in [-0.05, 0) is 35.4 Å². The minimum absolute atomic E-state index is 0.0279. The number of anilines is 1. The molecule has 0 aliphatic carbocycles. The van der Waals surface area contributed by atoms with Gasteiger partial charge in [0.2, 0.25) is 5.91 Å². The van der Waals surface area contributed by atoms with Crippen LogP contribution in [-0.2, 0) is 17.9 Å². The highest BCUT2D eigenvalue weighted by molar-refractivity contribution is 9.10. The monoisotopic (exact) mass is 330 g/mol. The summed E-state index contributed by atoms with van der Waals surface area (Å²) in [6, 6.07) is 16.0. The highest BCUT2D eigenvalue weighted by Gasteiger charge is 2.20. The number of fused-ring (bicyclic) bond motifs is 1. The van der Waals surface area contributed by atoms with E-state index in [2.05, 4.69) is 38.3 Å². The van der Waals surface area contributed by atoms with Crippen LogP contribution in [0.2, 0.25) is 0 Å². The Balaban J connectivity index is 1.57. The molecule has 2 aromatic carbocycles. The Kier molecular flexibility index (Phi) is 3.85. The molecule has 3 rings (SSSR count). The Bertz CT molecular complexity index is 600. The lowest BCUT2D eigenvalue weighted by Gasteiger charge is -2.14. The lowest BCUT2D eigenvalue weighted by molar-refractivity contribution is -0.117. The van der Waals surface area contributed by atoms with Crippen molar-refractivity contribution in [3.63, 3.8) is 0 Å². The first kappa shape index (κ1) is 13.3. The van der Waals surface area contributed by atoms with Gasteiger partial charge in [0, 0.05) is 23.2 Å². The fraction of sp³-hybridized carbons (Fsp3) is 0.188. The average molecular weight is 331 g/mol. The third kappa shape index (κ3) is 3.08. The number of rotatable bonds is 3. The number of hydrogen-bond donors (Lipinski definition) is 1. The van der Waals surface area contributed by atoms with E-state index in [-0.39, 0.29) is 5.91 Å². The van der Waals surface area contributed by atoms with Gasteiger partial charge < -0.3 is 5.32 Å². The van der Waals surface area contributed by atoms with Gasteiger partial charge in [0.25, 0.3) is 0 Å². The van der Waals surface area contributed by atoms with Crippen LogP contribution in [0, 0.1) is 0 Å². The summed E-state index contributed by atoms with van der Waals surface area (Å²) in [6.07, 6.45) is 0. The first-order valence-electron chi connectivity index (χ1n) is 6.55. The van der Waals surface area contributed by atoms with Crippen molar-refractivity contribution < 1.29 is 4.79 Å². The molecule has 1 heterocycles. The van der Waals surface area contributed by atoms with Crippen LogP contribution < -0.4 is 5.32 Å². The lowest BCUT2D eigenvalue weighted by atomic mass is 10.1. The molecule has 0 fully saturated rings. The third-order valence-corrected chi connectivity index (χ3v) is 3.93. The molecule has 0 aromatic heterocycles. The molecule has 0 saturated carbocycles. The van der Waals surface area contributed by atoms with Crippen LogP contribution in [0.5, 0.6) is 0 Å². The van der Waals surface area contributed by atoms with Gasteiger partial charge >= 0.3 is 0 Å². The first-order valence-corrected chi connectivity index (χ1v) is 7.34. The van der Waals surface area contributed by atoms with Gasteiger partial charge in [-0.1, -0.05) is 40.2 Å². The van der Waals surface area contributed by atoms with Gasteiger partial charge in [0.1, 0.15) is 0 Å². The number of nitrogens with one attached hydrogen (secondary N) is 1. The van der Waals surface area contributed by atoms with Crippen LogP contribution in [-0.4, -0.2) is 17.4 Å². The summed E-state index contributed by atoms with van der Waals surface area (Å²) < 4.78 is 1.01. The fourth-order valence-corrected chi connectivity index (χ4v) is 2.72. The predicted octanol–water partition coefficient (Wildman–Crippen LogP) is 3.40. The standard InChI is InChI=1S/C16H15BrN2O/c17-14-5-7-15(8-6-14)18-16(20)11-19-9-12-3-1-2-4-13(12)10-19/h1-8H,9-11H2,(H,18,20). The second-order valence-electron chi connectivity index (χ2n) is 4.97. The molecule has 3 nitrogen and oxygen atoms in total.